The zero-order valence-electron chi connectivity index (χ0n) is 15.1. The third kappa shape index (κ3) is 3.51. The summed E-state index contributed by atoms with van der Waals surface area (Å²) in [5, 5.41) is 4.62. The van der Waals surface area contributed by atoms with Gasteiger partial charge in [0, 0.05) is 36.1 Å². The topological polar surface area (TPSA) is 50.3 Å². The monoisotopic (exact) mass is 358 g/mol. The Labute approximate surface area is 153 Å². The number of aromatic nitrogens is 2. The average molecular weight is 359 g/mol. The highest BCUT2D eigenvalue weighted by molar-refractivity contribution is 7.09. The largest absolute Gasteiger partial charge is 0.497 e. The Morgan fingerprint density at radius 1 is 1.28 bits per heavy atom. The van der Waals surface area contributed by atoms with Crippen LogP contribution >= 0.6 is 11.5 Å². The van der Waals surface area contributed by atoms with Crippen LogP contribution in [0, 0.1) is 0 Å². The molecule has 2 aromatic rings. The number of hydrogen-bond donors (Lipinski definition) is 1. The summed E-state index contributed by atoms with van der Waals surface area (Å²) in [4.78, 5) is 7.34. The summed E-state index contributed by atoms with van der Waals surface area (Å²) < 4.78 is 9.93. The number of rotatable bonds is 6. The van der Waals surface area contributed by atoms with E-state index in [9.17, 15) is 0 Å². The van der Waals surface area contributed by atoms with E-state index in [1.165, 1.54) is 29.9 Å². The molecule has 1 saturated carbocycles. The van der Waals surface area contributed by atoms with Crippen molar-refractivity contribution in [2.75, 3.05) is 19.0 Å². The maximum Gasteiger partial charge on any atom is 0.202 e. The fraction of sp³-hybridized carbons (Fsp3) is 0.579. The van der Waals surface area contributed by atoms with E-state index >= 15 is 0 Å². The van der Waals surface area contributed by atoms with Crippen molar-refractivity contribution in [3.63, 3.8) is 0 Å². The highest BCUT2D eigenvalue weighted by Crippen LogP contribution is 2.42. The minimum atomic E-state index is 0.362. The van der Waals surface area contributed by atoms with Gasteiger partial charge in [0.1, 0.15) is 11.6 Å². The first-order valence-corrected chi connectivity index (χ1v) is 9.93. The number of nitrogens with zero attached hydrogens (tertiary/aromatic N) is 3. The van der Waals surface area contributed by atoms with Gasteiger partial charge in [-0.2, -0.15) is 4.37 Å². The molecule has 0 amide bonds. The van der Waals surface area contributed by atoms with Crippen LogP contribution in [-0.2, 0) is 0 Å². The minimum Gasteiger partial charge on any atom is -0.497 e. The maximum absolute atomic E-state index is 5.45. The van der Waals surface area contributed by atoms with E-state index in [0.717, 1.165) is 35.7 Å². The predicted octanol–water partition coefficient (Wildman–Crippen LogP) is 4.06. The van der Waals surface area contributed by atoms with Gasteiger partial charge in [0.15, 0.2) is 0 Å². The molecular formula is C19H26N4OS. The molecule has 1 aliphatic carbocycles. The molecule has 4 rings (SSSR count). The van der Waals surface area contributed by atoms with Crippen LogP contribution in [0.4, 0.5) is 5.13 Å². The number of benzene rings is 1. The second-order valence-electron chi connectivity index (χ2n) is 7.34. The van der Waals surface area contributed by atoms with Gasteiger partial charge in [0.05, 0.1) is 13.2 Å². The van der Waals surface area contributed by atoms with Crippen LogP contribution in [0.2, 0.25) is 0 Å². The maximum atomic E-state index is 5.45. The van der Waals surface area contributed by atoms with Crippen LogP contribution in [0.5, 0.6) is 5.75 Å². The molecule has 2 atom stereocenters. The summed E-state index contributed by atoms with van der Waals surface area (Å²) in [5.74, 6) is 2.23. The molecule has 1 N–H and O–H groups in total. The summed E-state index contributed by atoms with van der Waals surface area (Å²) in [6.07, 6.45) is 3.78. The molecule has 1 saturated heterocycles. The van der Waals surface area contributed by atoms with E-state index in [-0.39, 0.29) is 0 Å². The van der Waals surface area contributed by atoms with Gasteiger partial charge in [0.25, 0.3) is 0 Å². The smallest absolute Gasteiger partial charge is 0.202 e. The van der Waals surface area contributed by atoms with Crippen LogP contribution < -0.4 is 10.1 Å². The van der Waals surface area contributed by atoms with Gasteiger partial charge < -0.3 is 10.1 Å². The molecule has 0 radical (unpaired) electrons. The highest BCUT2D eigenvalue weighted by atomic mass is 32.1. The van der Waals surface area contributed by atoms with E-state index in [2.05, 4.69) is 51.6 Å². The number of nitrogens with one attached hydrogen (secondary N) is 1. The molecule has 2 heterocycles. The van der Waals surface area contributed by atoms with Crippen molar-refractivity contribution < 1.29 is 4.74 Å². The Bertz CT molecular complexity index is 728. The van der Waals surface area contributed by atoms with Crippen LogP contribution in [0.25, 0.3) is 0 Å². The van der Waals surface area contributed by atoms with Gasteiger partial charge in [-0.3, -0.25) is 4.90 Å². The summed E-state index contributed by atoms with van der Waals surface area (Å²) in [5.41, 5.74) is 1.33. The van der Waals surface area contributed by atoms with E-state index in [1.807, 2.05) is 6.07 Å². The minimum absolute atomic E-state index is 0.362. The Kier molecular flexibility index (Phi) is 4.65. The van der Waals surface area contributed by atoms with Crippen molar-refractivity contribution in [3.05, 3.63) is 35.7 Å². The predicted molar refractivity (Wildman–Crippen MR) is 101 cm³/mol. The van der Waals surface area contributed by atoms with Gasteiger partial charge in [0.2, 0.25) is 5.13 Å². The van der Waals surface area contributed by atoms with Crippen LogP contribution in [-0.4, -0.2) is 40.0 Å². The van der Waals surface area contributed by atoms with Crippen molar-refractivity contribution in [1.82, 2.24) is 14.3 Å². The van der Waals surface area contributed by atoms with Crippen LogP contribution in [0.3, 0.4) is 0 Å². The Hall–Kier alpha value is -1.66. The lowest BCUT2D eigenvalue weighted by Gasteiger charge is -2.29. The van der Waals surface area contributed by atoms with E-state index in [0.29, 0.717) is 18.0 Å². The number of ether oxygens (including phenoxy) is 1. The third-order valence-electron chi connectivity index (χ3n) is 5.15. The van der Waals surface area contributed by atoms with E-state index in [1.54, 1.807) is 7.11 Å². The molecule has 1 aromatic carbocycles. The van der Waals surface area contributed by atoms with Crippen LogP contribution in [0.15, 0.2) is 24.3 Å². The molecule has 2 unspecified atom stereocenters. The quantitative estimate of drug-likeness (QED) is 0.844. The summed E-state index contributed by atoms with van der Waals surface area (Å²) in [6, 6.07) is 9.98. The number of anilines is 1. The first kappa shape index (κ1) is 16.8. The second kappa shape index (κ2) is 6.92. The third-order valence-corrected chi connectivity index (χ3v) is 5.82. The highest BCUT2D eigenvalue weighted by Gasteiger charge is 2.43. The molecule has 5 nitrogen and oxygen atoms in total. The zero-order valence-corrected chi connectivity index (χ0v) is 15.9. The molecule has 0 spiro atoms. The molecule has 134 valence electrons. The van der Waals surface area contributed by atoms with Crippen LogP contribution in [0.1, 0.15) is 56.5 Å². The average Bonchev–Trinajstić information content (AvgIpc) is 3.21. The molecular weight excluding hydrogens is 332 g/mol. The SMILES string of the molecule is COc1cccc(C2C(Nc3nc(C(C)C)ns3)CCN2C2CC2)c1. The molecule has 2 fully saturated rings. The lowest BCUT2D eigenvalue weighted by Crippen LogP contribution is -2.32. The van der Waals surface area contributed by atoms with E-state index in [4.69, 9.17) is 4.74 Å². The first-order valence-electron chi connectivity index (χ1n) is 9.15. The van der Waals surface area contributed by atoms with Crippen molar-refractivity contribution in [1.29, 1.82) is 0 Å². The van der Waals surface area contributed by atoms with Gasteiger partial charge in [-0.1, -0.05) is 26.0 Å². The molecule has 2 aliphatic rings. The zero-order chi connectivity index (χ0) is 17.4. The Balaban J connectivity index is 1.58. The first-order chi connectivity index (χ1) is 12.2. The molecule has 0 bridgehead atoms. The summed E-state index contributed by atoms with van der Waals surface area (Å²) >= 11 is 1.48. The number of likely N-dealkylation sites (tertiary alicyclic amines) is 1. The van der Waals surface area contributed by atoms with Crippen molar-refractivity contribution in [2.24, 2.45) is 0 Å². The van der Waals surface area contributed by atoms with Crippen molar-refractivity contribution >= 4 is 16.7 Å². The fourth-order valence-corrected chi connectivity index (χ4v) is 4.49. The lowest BCUT2D eigenvalue weighted by atomic mass is 9.99. The number of hydrogen-bond acceptors (Lipinski definition) is 6. The van der Waals surface area contributed by atoms with E-state index < -0.39 is 0 Å². The van der Waals surface area contributed by atoms with Crippen molar-refractivity contribution in [2.45, 2.75) is 57.2 Å². The Morgan fingerprint density at radius 2 is 2.12 bits per heavy atom. The molecule has 1 aliphatic heterocycles. The standard InChI is InChI=1S/C19H26N4OS/c1-12(2)18-21-19(25-22-18)20-16-9-10-23(14-7-8-14)17(16)13-5-4-6-15(11-13)24-3/h4-6,11-12,14,16-17H,7-10H2,1-3H3,(H,20,21,22). The summed E-state index contributed by atoms with van der Waals surface area (Å²) in [6.45, 7) is 5.41. The summed E-state index contributed by atoms with van der Waals surface area (Å²) in [7, 11) is 1.73. The molecule has 1 aromatic heterocycles. The number of methoxy groups -OCH3 is 1. The van der Waals surface area contributed by atoms with Crippen molar-refractivity contribution in [3.8, 4) is 5.75 Å². The van der Waals surface area contributed by atoms with Gasteiger partial charge in [-0.15, -0.1) is 0 Å². The second-order valence-corrected chi connectivity index (χ2v) is 8.09. The lowest BCUT2D eigenvalue weighted by molar-refractivity contribution is 0.240. The molecule has 25 heavy (non-hydrogen) atoms. The fourth-order valence-electron chi connectivity index (χ4n) is 3.72. The van der Waals surface area contributed by atoms with Gasteiger partial charge in [-0.25, -0.2) is 4.98 Å². The Morgan fingerprint density at radius 3 is 2.80 bits per heavy atom. The van der Waals surface area contributed by atoms with Gasteiger partial charge >= 0.3 is 0 Å². The van der Waals surface area contributed by atoms with Gasteiger partial charge in [-0.05, 0) is 37.0 Å². The molecule has 6 heteroatoms. The normalized spacial score (nSPS) is 24.0.